The Morgan fingerprint density at radius 3 is 2.61 bits per heavy atom. The summed E-state index contributed by atoms with van der Waals surface area (Å²) in [7, 11) is 4.84. The number of methoxy groups -OCH3 is 3. The van der Waals surface area contributed by atoms with Crippen LogP contribution >= 0.6 is 0 Å². The number of fused-ring (bicyclic) bond motifs is 1. The van der Waals surface area contributed by atoms with Crippen LogP contribution in [0.1, 0.15) is 24.6 Å². The number of hydrogen-bond donors (Lipinski definition) is 1. The topological polar surface area (TPSA) is 77.3 Å². The minimum Gasteiger partial charge on any atom is -0.497 e. The summed E-state index contributed by atoms with van der Waals surface area (Å²) < 4.78 is 18.3. The van der Waals surface area contributed by atoms with Crippen molar-refractivity contribution in [2.75, 3.05) is 39.7 Å². The van der Waals surface area contributed by atoms with Crippen LogP contribution in [-0.4, -0.2) is 54.7 Å². The normalized spacial score (nSPS) is 15.5. The first-order valence-corrected chi connectivity index (χ1v) is 12.0. The number of urea groups is 1. The number of amides is 2. The Morgan fingerprint density at radius 2 is 1.81 bits per heavy atom. The standard InChI is InChI=1S/C28H30N4O4/c1-34-21-10-6-8-19(16-21)26-24-11-4-5-15-32(24)27(30-26)20-9-7-14-31(18-20)28(33)29-23-13-12-22(35-2)17-25(23)36-3/h4-6,8,10-13,15-17,20H,7,9,14,18H2,1-3H3,(H,29,33). The quantitative estimate of drug-likeness (QED) is 0.393. The molecule has 1 aliphatic rings. The van der Waals surface area contributed by atoms with Gasteiger partial charge in [-0.15, -0.1) is 0 Å². The number of benzene rings is 2. The minimum atomic E-state index is -0.156. The van der Waals surface area contributed by atoms with Crippen molar-refractivity contribution in [3.63, 3.8) is 0 Å². The molecule has 8 heteroatoms. The number of aromatic nitrogens is 2. The minimum absolute atomic E-state index is 0.108. The molecule has 3 heterocycles. The second-order valence-electron chi connectivity index (χ2n) is 8.79. The number of ether oxygens (including phenoxy) is 3. The second-order valence-corrected chi connectivity index (χ2v) is 8.79. The third-order valence-electron chi connectivity index (χ3n) is 6.64. The molecule has 8 nitrogen and oxygen atoms in total. The number of nitrogens with one attached hydrogen (secondary N) is 1. The number of hydrogen-bond acceptors (Lipinski definition) is 5. The molecule has 1 N–H and O–H groups in total. The molecule has 186 valence electrons. The van der Waals surface area contributed by atoms with Crippen LogP contribution < -0.4 is 19.5 Å². The van der Waals surface area contributed by atoms with E-state index in [-0.39, 0.29) is 11.9 Å². The van der Waals surface area contributed by atoms with E-state index in [4.69, 9.17) is 19.2 Å². The van der Waals surface area contributed by atoms with Crippen LogP contribution in [0.2, 0.25) is 0 Å². The lowest BCUT2D eigenvalue weighted by Crippen LogP contribution is -2.42. The molecule has 0 aliphatic carbocycles. The highest BCUT2D eigenvalue weighted by atomic mass is 16.5. The molecule has 4 aromatic rings. The average Bonchev–Trinajstić information content (AvgIpc) is 3.33. The van der Waals surface area contributed by atoms with Crippen LogP contribution in [0.15, 0.2) is 66.9 Å². The molecule has 1 saturated heterocycles. The van der Waals surface area contributed by atoms with Crippen LogP contribution in [0.25, 0.3) is 16.8 Å². The van der Waals surface area contributed by atoms with E-state index >= 15 is 0 Å². The van der Waals surface area contributed by atoms with Gasteiger partial charge in [0.2, 0.25) is 0 Å². The Morgan fingerprint density at radius 1 is 0.972 bits per heavy atom. The highest BCUT2D eigenvalue weighted by molar-refractivity contribution is 5.91. The number of rotatable bonds is 6. The van der Waals surface area contributed by atoms with Crippen molar-refractivity contribution < 1.29 is 19.0 Å². The third kappa shape index (κ3) is 4.54. The summed E-state index contributed by atoms with van der Waals surface area (Å²) >= 11 is 0. The van der Waals surface area contributed by atoms with Gasteiger partial charge in [-0.1, -0.05) is 18.2 Å². The van der Waals surface area contributed by atoms with Gasteiger partial charge in [0, 0.05) is 36.8 Å². The fourth-order valence-electron chi connectivity index (χ4n) is 4.80. The molecular weight excluding hydrogens is 456 g/mol. The lowest BCUT2D eigenvalue weighted by Gasteiger charge is -2.32. The first kappa shape index (κ1) is 23.5. The van der Waals surface area contributed by atoms with Crippen LogP contribution in [0, 0.1) is 0 Å². The van der Waals surface area contributed by atoms with Crippen LogP contribution in [-0.2, 0) is 0 Å². The number of carbonyl (C=O) groups excluding carboxylic acids is 1. The number of piperidine rings is 1. The summed E-state index contributed by atoms with van der Waals surface area (Å²) in [6.07, 6.45) is 3.90. The van der Waals surface area contributed by atoms with Gasteiger partial charge in [-0.3, -0.25) is 0 Å². The fraction of sp³-hybridized carbons (Fsp3) is 0.286. The van der Waals surface area contributed by atoms with Gasteiger partial charge in [-0.25, -0.2) is 9.78 Å². The van der Waals surface area contributed by atoms with Crippen molar-refractivity contribution in [2.24, 2.45) is 0 Å². The van der Waals surface area contributed by atoms with Gasteiger partial charge < -0.3 is 28.8 Å². The van der Waals surface area contributed by atoms with Crippen molar-refractivity contribution in [1.29, 1.82) is 0 Å². The first-order chi connectivity index (χ1) is 17.6. The SMILES string of the molecule is COc1cccc(-c2nc(C3CCCN(C(=O)Nc4ccc(OC)cc4OC)C3)n3ccccc23)c1. The van der Waals surface area contributed by atoms with Crippen LogP contribution in [0.5, 0.6) is 17.2 Å². The monoisotopic (exact) mass is 486 g/mol. The number of likely N-dealkylation sites (tertiary alicyclic amines) is 1. The first-order valence-electron chi connectivity index (χ1n) is 12.0. The zero-order valence-corrected chi connectivity index (χ0v) is 20.7. The number of nitrogens with zero attached hydrogens (tertiary/aromatic N) is 3. The Kier molecular flexibility index (Phi) is 6.66. The van der Waals surface area contributed by atoms with Gasteiger partial charge in [-0.2, -0.15) is 0 Å². The Bertz CT molecular complexity index is 1380. The van der Waals surface area contributed by atoms with E-state index in [1.165, 1.54) is 0 Å². The maximum absolute atomic E-state index is 13.2. The van der Waals surface area contributed by atoms with Gasteiger partial charge in [0.1, 0.15) is 23.1 Å². The summed E-state index contributed by atoms with van der Waals surface area (Å²) in [5.74, 6) is 3.08. The maximum Gasteiger partial charge on any atom is 0.321 e. The predicted octanol–water partition coefficient (Wildman–Crippen LogP) is 5.44. The van der Waals surface area contributed by atoms with E-state index in [0.29, 0.717) is 30.3 Å². The van der Waals surface area contributed by atoms with E-state index in [9.17, 15) is 4.79 Å². The lowest BCUT2D eigenvalue weighted by molar-refractivity contribution is 0.191. The van der Waals surface area contributed by atoms with Gasteiger partial charge >= 0.3 is 6.03 Å². The Labute approximate surface area is 210 Å². The molecule has 36 heavy (non-hydrogen) atoms. The van der Waals surface area contributed by atoms with Crippen molar-refractivity contribution in [2.45, 2.75) is 18.8 Å². The van der Waals surface area contributed by atoms with Crippen molar-refractivity contribution in [3.05, 3.63) is 72.7 Å². The molecular formula is C28H30N4O4. The highest BCUT2D eigenvalue weighted by Crippen LogP contribution is 2.34. The molecule has 1 fully saturated rings. The molecule has 0 radical (unpaired) electrons. The Hall–Kier alpha value is -4.20. The number of carbonyl (C=O) groups is 1. The zero-order chi connectivity index (χ0) is 25.1. The van der Waals surface area contributed by atoms with Gasteiger partial charge in [0.15, 0.2) is 0 Å². The summed E-state index contributed by atoms with van der Waals surface area (Å²) in [6.45, 7) is 1.27. The van der Waals surface area contributed by atoms with Crippen molar-refractivity contribution >= 4 is 17.2 Å². The van der Waals surface area contributed by atoms with E-state index < -0.39 is 0 Å². The number of anilines is 1. The molecule has 2 aromatic carbocycles. The van der Waals surface area contributed by atoms with Gasteiger partial charge in [0.25, 0.3) is 0 Å². The molecule has 2 amide bonds. The van der Waals surface area contributed by atoms with E-state index in [2.05, 4.69) is 15.8 Å². The van der Waals surface area contributed by atoms with Crippen LogP contribution in [0.4, 0.5) is 10.5 Å². The van der Waals surface area contributed by atoms with Crippen molar-refractivity contribution in [3.8, 4) is 28.5 Å². The largest absolute Gasteiger partial charge is 0.497 e. The molecule has 1 unspecified atom stereocenters. The Balaban J connectivity index is 1.41. The molecule has 1 atom stereocenters. The summed E-state index contributed by atoms with van der Waals surface area (Å²) in [5.41, 5.74) is 3.55. The van der Waals surface area contributed by atoms with Gasteiger partial charge in [-0.05, 0) is 49.2 Å². The summed E-state index contributed by atoms with van der Waals surface area (Å²) in [5, 5.41) is 3.00. The molecule has 0 saturated carbocycles. The highest BCUT2D eigenvalue weighted by Gasteiger charge is 2.29. The molecule has 0 bridgehead atoms. The summed E-state index contributed by atoms with van der Waals surface area (Å²) in [4.78, 5) is 20.2. The third-order valence-corrected chi connectivity index (χ3v) is 6.64. The van der Waals surface area contributed by atoms with Crippen molar-refractivity contribution in [1.82, 2.24) is 14.3 Å². The second kappa shape index (κ2) is 10.2. The lowest BCUT2D eigenvalue weighted by atomic mass is 9.97. The average molecular weight is 487 g/mol. The zero-order valence-electron chi connectivity index (χ0n) is 20.7. The van der Waals surface area contributed by atoms with E-state index in [1.807, 2.05) is 47.5 Å². The number of imidazole rings is 1. The van der Waals surface area contributed by atoms with E-state index in [1.54, 1.807) is 39.5 Å². The van der Waals surface area contributed by atoms with Crippen LogP contribution in [0.3, 0.4) is 0 Å². The number of pyridine rings is 1. The van der Waals surface area contributed by atoms with E-state index in [0.717, 1.165) is 41.2 Å². The van der Waals surface area contributed by atoms with Gasteiger partial charge in [0.05, 0.1) is 38.2 Å². The molecule has 0 spiro atoms. The maximum atomic E-state index is 13.2. The molecule has 2 aromatic heterocycles. The fourth-order valence-corrected chi connectivity index (χ4v) is 4.80. The molecule has 5 rings (SSSR count). The predicted molar refractivity (Wildman–Crippen MR) is 139 cm³/mol. The smallest absolute Gasteiger partial charge is 0.321 e. The summed E-state index contributed by atoms with van der Waals surface area (Å²) in [6, 6.07) is 19.3. The molecule has 1 aliphatic heterocycles.